The first-order valence-corrected chi connectivity index (χ1v) is 7.76. The molecule has 2 aromatic carbocycles. The van der Waals surface area contributed by atoms with E-state index in [1.165, 1.54) is 0 Å². The number of fused-ring (bicyclic) bond motifs is 2. The van der Waals surface area contributed by atoms with Crippen LogP contribution in [0.25, 0.3) is 0 Å². The predicted molar refractivity (Wildman–Crippen MR) is 94.5 cm³/mol. The quantitative estimate of drug-likeness (QED) is 0.756. The molecular formula is C20H16N2O2. The molecule has 0 saturated carbocycles. The molecule has 0 radical (unpaired) electrons. The molecule has 0 atom stereocenters. The first-order chi connectivity index (χ1) is 11.6. The number of allylic oxidation sites excluding steroid dienone is 4. The second-order valence-electron chi connectivity index (χ2n) is 5.91. The average molecular weight is 316 g/mol. The van der Waals surface area contributed by atoms with E-state index in [0.717, 1.165) is 11.4 Å². The summed E-state index contributed by atoms with van der Waals surface area (Å²) in [6.07, 6.45) is 3.47. The summed E-state index contributed by atoms with van der Waals surface area (Å²) in [4.78, 5) is 28.8. The van der Waals surface area contributed by atoms with Crippen LogP contribution in [0.15, 0.2) is 72.1 Å². The van der Waals surface area contributed by atoms with Gasteiger partial charge in [-0.2, -0.15) is 0 Å². The fourth-order valence-electron chi connectivity index (χ4n) is 3.29. The van der Waals surface area contributed by atoms with Gasteiger partial charge in [-0.1, -0.05) is 24.3 Å². The van der Waals surface area contributed by atoms with Crippen molar-refractivity contribution in [1.82, 2.24) is 0 Å². The van der Waals surface area contributed by atoms with Crippen LogP contribution in [0.2, 0.25) is 0 Å². The number of carbonyl (C=O) groups excluding carboxylic acids is 2. The van der Waals surface area contributed by atoms with Crippen LogP contribution in [-0.2, 0) is 0 Å². The van der Waals surface area contributed by atoms with Crippen molar-refractivity contribution in [2.75, 3.05) is 23.9 Å². The highest BCUT2D eigenvalue weighted by Gasteiger charge is 2.31. The van der Waals surface area contributed by atoms with Crippen LogP contribution in [0.3, 0.4) is 0 Å². The summed E-state index contributed by atoms with van der Waals surface area (Å²) in [5, 5.41) is 0. The molecule has 0 unspecified atom stereocenters. The maximum Gasteiger partial charge on any atom is 0.211 e. The monoisotopic (exact) mass is 316 g/mol. The maximum absolute atomic E-state index is 12.6. The number of likely N-dealkylation sites (N-methyl/N-ethyl adjacent to an activating group) is 2. The molecule has 0 bridgehead atoms. The zero-order valence-corrected chi connectivity index (χ0v) is 13.5. The third kappa shape index (κ3) is 1.93. The third-order valence-electron chi connectivity index (χ3n) is 4.61. The number of rotatable bonds is 1. The Balaban J connectivity index is 1.73. The summed E-state index contributed by atoms with van der Waals surface area (Å²) in [6.45, 7) is 0. The molecule has 24 heavy (non-hydrogen) atoms. The van der Waals surface area contributed by atoms with E-state index in [-0.39, 0.29) is 11.6 Å². The molecule has 2 heterocycles. The van der Waals surface area contributed by atoms with Gasteiger partial charge in [-0.3, -0.25) is 9.59 Å². The van der Waals surface area contributed by atoms with Crippen molar-refractivity contribution >= 4 is 22.9 Å². The van der Waals surface area contributed by atoms with Crippen molar-refractivity contribution < 1.29 is 9.59 Å². The van der Waals surface area contributed by atoms with E-state index in [1.807, 2.05) is 72.4 Å². The van der Waals surface area contributed by atoms with Crippen molar-refractivity contribution in [3.05, 3.63) is 83.2 Å². The predicted octanol–water partition coefficient (Wildman–Crippen LogP) is 3.42. The molecule has 4 heteroatoms. The van der Waals surface area contributed by atoms with Gasteiger partial charge in [-0.05, 0) is 36.4 Å². The van der Waals surface area contributed by atoms with Gasteiger partial charge in [0.05, 0.1) is 22.8 Å². The highest BCUT2D eigenvalue weighted by Crippen LogP contribution is 2.35. The Kier molecular flexibility index (Phi) is 3.13. The van der Waals surface area contributed by atoms with E-state index in [0.29, 0.717) is 22.5 Å². The number of carbonyl (C=O) groups is 2. The zero-order chi connectivity index (χ0) is 16.8. The van der Waals surface area contributed by atoms with Gasteiger partial charge < -0.3 is 9.80 Å². The molecule has 0 aliphatic carbocycles. The molecule has 0 N–H and O–H groups in total. The van der Waals surface area contributed by atoms with Gasteiger partial charge in [0.25, 0.3) is 0 Å². The van der Waals surface area contributed by atoms with Gasteiger partial charge in [0.2, 0.25) is 11.6 Å². The number of hydrogen-bond donors (Lipinski definition) is 0. The smallest absolute Gasteiger partial charge is 0.211 e. The molecule has 0 amide bonds. The molecule has 0 aromatic heterocycles. The van der Waals surface area contributed by atoms with Gasteiger partial charge in [0, 0.05) is 25.2 Å². The van der Waals surface area contributed by atoms with Gasteiger partial charge in [-0.15, -0.1) is 0 Å². The first-order valence-electron chi connectivity index (χ1n) is 7.76. The van der Waals surface area contributed by atoms with E-state index in [2.05, 4.69) is 0 Å². The fraction of sp³-hybridized carbons (Fsp3) is 0.100. The van der Waals surface area contributed by atoms with Crippen LogP contribution < -0.4 is 9.80 Å². The minimum Gasteiger partial charge on any atom is -0.341 e. The number of hydrogen-bond acceptors (Lipinski definition) is 4. The van der Waals surface area contributed by atoms with Gasteiger partial charge in [-0.25, -0.2) is 0 Å². The van der Waals surface area contributed by atoms with Crippen molar-refractivity contribution in [3.8, 4) is 0 Å². The number of nitrogens with zero attached hydrogens (tertiary/aromatic N) is 2. The van der Waals surface area contributed by atoms with Crippen LogP contribution in [0, 0.1) is 0 Å². The minimum atomic E-state index is -0.0180. The van der Waals surface area contributed by atoms with Crippen LogP contribution in [0.4, 0.5) is 11.4 Å². The lowest BCUT2D eigenvalue weighted by molar-refractivity contribution is 0.103. The Bertz CT molecular complexity index is 863. The highest BCUT2D eigenvalue weighted by atomic mass is 16.1. The summed E-state index contributed by atoms with van der Waals surface area (Å²) >= 11 is 0. The van der Waals surface area contributed by atoms with Gasteiger partial charge in [0.15, 0.2) is 0 Å². The van der Waals surface area contributed by atoms with Crippen LogP contribution in [0.1, 0.15) is 20.7 Å². The van der Waals surface area contributed by atoms with E-state index in [1.54, 1.807) is 12.2 Å². The number of ketones is 2. The highest BCUT2D eigenvalue weighted by molar-refractivity contribution is 6.20. The average Bonchev–Trinajstić information content (AvgIpc) is 3.00. The van der Waals surface area contributed by atoms with Gasteiger partial charge >= 0.3 is 0 Å². The maximum atomic E-state index is 12.6. The Morgan fingerprint density at radius 2 is 1.04 bits per heavy atom. The Morgan fingerprint density at radius 1 is 0.667 bits per heavy atom. The van der Waals surface area contributed by atoms with Crippen molar-refractivity contribution in [2.45, 2.75) is 0 Å². The lowest BCUT2D eigenvalue weighted by atomic mass is 10.1. The Hall–Kier alpha value is -3.14. The molecule has 2 aliphatic heterocycles. The number of Topliss-reactive ketones (excluding diaryl/α,β-unsaturated/α-hetero) is 2. The van der Waals surface area contributed by atoms with Crippen LogP contribution in [-0.4, -0.2) is 25.7 Å². The van der Waals surface area contributed by atoms with Crippen molar-refractivity contribution in [2.24, 2.45) is 0 Å². The molecular weight excluding hydrogens is 300 g/mol. The first kappa shape index (κ1) is 14.5. The fourth-order valence-corrected chi connectivity index (χ4v) is 3.29. The molecule has 2 aliphatic rings. The minimum absolute atomic E-state index is 0.0180. The summed E-state index contributed by atoms with van der Waals surface area (Å²) in [5.41, 5.74) is 4.31. The summed E-state index contributed by atoms with van der Waals surface area (Å²) in [7, 11) is 3.73. The molecule has 118 valence electrons. The summed E-state index contributed by atoms with van der Waals surface area (Å²) in [5.74, 6) is -0.0360. The van der Waals surface area contributed by atoms with Crippen molar-refractivity contribution in [1.29, 1.82) is 0 Å². The van der Waals surface area contributed by atoms with E-state index in [4.69, 9.17) is 0 Å². The zero-order valence-electron chi connectivity index (χ0n) is 13.5. The second-order valence-corrected chi connectivity index (χ2v) is 5.91. The van der Waals surface area contributed by atoms with Crippen LogP contribution in [0.5, 0.6) is 0 Å². The second kappa shape index (κ2) is 5.20. The SMILES string of the molecule is CN1/C(=C/C=C2\C(=O)c3ccccc3N2C)C(=O)c2ccccc21. The largest absolute Gasteiger partial charge is 0.341 e. The topological polar surface area (TPSA) is 40.6 Å². The van der Waals surface area contributed by atoms with E-state index >= 15 is 0 Å². The van der Waals surface area contributed by atoms with Crippen molar-refractivity contribution in [3.63, 3.8) is 0 Å². The van der Waals surface area contributed by atoms with Crippen LogP contribution >= 0.6 is 0 Å². The van der Waals surface area contributed by atoms with Gasteiger partial charge in [0.1, 0.15) is 0 Å². The standard InChI is InChI=1S/C20H16N2O2/c1-21-15-9-5-3-7-13(15)19(23)17(21)11-12-18-20(24)14-8-4-6-10-16(14)22(18)2/h3-12H,1-2H3/b17-11+,18-12+. The molecule has 0 fully saturated rings. The normalized spacial score (nSPS) is 19.4. The molecule has 0 spiro atoms. The molecule has 2 aromatic rings. The molecule has 0 saturated heterocycles. The number of para-hydroxylation sites is 2. The lowest BCUT2D eigenvalue weighted by Gasteiger charge is -2.14. The summed E-state index contributed by atoms with van der Waals surface area (Å²) in [6, 6.07) is 15.0. The third-order valence-corrected chi connectivity index (χ3v) is 4.61. The molecule has 4 rings (SSSR count). The van der Waals surface area contributed by atoms with E-state index < -0.39 is 0 Å². The number of anilines is 2. The molecule has 4 nitrogen and oxygen atoms in total. The Labute approximate surface area is 140 Å². The number of benzene rings is 2. The van der Waals surface area contributed by atoms with E-state index in [9.17, 15) is 9.59 Å². The lowest BCUT2D eigenvalue weighted by Crippen LogP contribution is -2.16. The Morgan fingerprint density at radius 3 is 1.42 bits per heavy atom. The summed E-state index contributed by atoms with van der Waals surface area (Å²) < 4.78 is 0.